The Bertz CT molecular complexity index is 590. The standard InChI is InChI=1S/C17H23ClN4O.2ClH/c18-13-3-4-14(20-10-13)21-5-7-22(8-6-21)17(23)15-11-1-2-12(9-11)16(15)19;;/h3-4,10-12,15-16H,1-2,5-9,19H2;2*1H. The van der Waals surface area contributed by atoms with Crippen molar-refractivity contribution < 1.29 is 4.79 Å². The highest BCUT2D eigenvalue weighted by molar-refractivity contribution is 6.30. The molecule has 4 unspecified atom stereocenters. The Morgan fingerprint density at radius 1 is 1.12 bits per heavy atom. The highest BCUT2D eigenvalue weighted by Crippen LogP contribution is 2.48. The van der Waals surface area contributed by atoms with Crippen molar-refractivity contribution in [3.63, 3.8) is 0 Å². The van der Waals surface area contributed by atoms with Crippen molar-refractivity contribution in [3.8, 4) is 0 Å². The number of fused-ring (bicyclic) bond motifs is 2. The molecule has 25 heavy (non-hydrogen) atoms. The van der Waals surface area contributed by atoms with Crippen molar-refractivity contribution in [2.75, 3.05) is 31.1 Å². The van der Waals surface area contributed by atoms with E-state index in [1.54, 1.807) is 6.20 Å². The molecule has 2 heterocycles. The number of aromatic nitrogens is 1. The van der Waals surface area contributed by atoms with Crippen LogP contribution >= 0.6 is 36.4 Å². The van der Waals surface area contributed by atoms with Crippen molar-refractivity contribution in [2.45, 2.75) is 25.3 Å². The zero-order chi connectivity index (χ0) is 16.0. The van der Waals surface area contributed by atoms with Gasteiger partial charge in [0, 0.05) is 38.4 Å². The number of amides is 1. The summed E-state index contributed by atoms with van der Waals surface area (Å²) in [4.78, 5) is 21.5. The summed E-state index contributed by atoms with van der Waals surface area (Å²) >= 11 is 5.89. The van der Waals surface area contributed by atoms with Gasteiger partial charge in [0.1, 0.15) is 5.82 Å². The first kappa shape index (κ1) is 20.6. The van der Waals surface area contributed by atoms with E-state index >= 15 is 0 Å². The molecular formula is C17H25Cl3N4O. The average molecular weight is 408 g/mol. The molecule has 1 aromatic heterocycles. The van der Waals surface area contributed by atoms with E-state index in [9.17, 15) is 4.79 Å². The van der Waals surface area contributed by atoms with Gasteiger partial charge in [-0.25, -0.2) is 4.98 Å². The lowest BCUT2D eigenvalue weighted by Gasteiger charge is -2.38. The van der Waals surface area contributed by atoms with E-state index in [-0.39, 0.29) is 42.7 Å². The highest BCUT2D eigenvalue weighted by atomic mass is 35.5. The summed E-state index contributed by atoms with van der Waals surface area (Å²) in [6, 6.07) is 3.87. The van der Waals surface area contributed by atoms with Gasteiger partial charge in [0.15, 0.2) is 0 Å². The van der Waals surface area contributed by atoms with Gasteiger partial charge in [-0.2, -0.15) is 0 Å². The number of nitrogens with two attached hydrogens (primary N) is 1. The van der Waals surface area contributed by atoms with E-state index in [0.717, 1.165) is 38.4 Å². The van der Waals surface area contributed by atoms with Gasteiger partial charge in [0.2, 0.25) is 5.91 Å². The van der Waals surface area contributed by atoms with Gasteiger partial charge < -0.3 is 15.5 Å². The van der Waals surface area contributed by atoms with Gasteiger partial charge in [-0.15, -0.1) is 24.8 Å². The molecule has 4 atom stereocenters. The van der Waals surface area contributed by atoms with Crippen LogP contribution < -0.4 is 10.6 Å². The van der Waals surface area contributed by atoms with Gasteiger partial charge in [-0.3, -0.25) is 4.79 Å². The van der Waals surface area contributed by atoms with Crippen LogP contribution in [0.5, 0.6) is 0 Å². The minimum absolute atomic E-state index is 0. The van der Waals surface area contributed by atoms with E-state index < -0.39 is 0 Å². The third kappa shape index (κ3) is 3.85. The molecule has 2 bridgehead atoms. The quantitative estimate of drug-likeness (QED) is 0.818. The number of pyridine rings is 1. The van der Waals surface area contributed by atoms with Gasteiger partial charge in [-0.1, -0.05) is 11.6 Å². The SMILES string of the molecule is Cl.Cl.NC1C2CCC(C2)C1C(=O)N1CCN(c2ccc(Cl)cn2)CC1. The van der Waals surface area contributed by atoms with Crippen LogP contribution in [0, 0.1) is 17.8 Å². The smallest absolute Gasteiger partial charge is 0.227 e. The Morgan fingerprint density at radius 2 is 1.80 bits per heavy atom. The lowest BCUT2D eigenvalue weighted by molar-refractivity contribution is -0.138. The lowest BCUT2D eigenvalue weighted by Crippen LogP contribution is -2.54. The number of hydrogen-bond donors (Lipinski definition) is 1. The number of anilines is 1. The maximum absolute atomic E-state index is 12.9. The molecule has 2 saturated carbocycles. The molecule has 4 rings (SSSR count). The highest BCUT2D eigenvalue weighted by Gasteiger charge is 2.50. The van der Waals surface area contributed by atoms with Crippen LogP contribution in [0.15, 0.2) is 18.3 Å². The molecule has 1 aromatic rings. The minimum atomic E-state index is 0. The molecule has 0 spiro atoms. The molecule has 0 aromatic carbocycles. The number of carbonyl (C=O) groups is 1. The number of carbonyl (C=O) groups excluding carboxylic acids is 1. The van der Waals surface area contributed by atoms with Gasteiger partial charge in [0.05, 0.1) is 10.9 Å². The van der Waals surface area contributed by atoms with Gasteiger partial charge >= 0.3 is 0 Å². The Kier molecular flexibility index (Phi) is 6.82. The van der Waals surface area contributed by atoms with Crippen molar-refractivity contribution in [2.24, 2.45) is 23.5 Å². The Balaban J connectivity index is 0.00000113. The topological polar surface area (TPSA) is 62.5 Å². The molecule has 1 saturated heterocycles. The predicted molar refractivity (Wildman–Crippen MR) is 105 cm³/mol. The van der Waals surface area contributed by atoms with E-state index in [4.69, 9.17) is 17.3 Å². The lowest BCUT2D eigenvalue weighted by atomic mass is 9.84. The van der Waals surface area contributed by atoms with Crippen LogP contribution in [-0.2, 0) is 4.79 Å². The summed E-state index contributed by atoms with van der Waals surface area (Å²) in [6.45, 7) is 3.14. The molecule has 3 fully saturated rings. The number of halogens is 3. The van der Waals surface area contributed by atoms with E-state index in [0.29, 0.717) is 16.9 Å². The summed E-state index contributed by atoms with van der Waals surface area (Å²) in [5, 5.41) is 0.646. The number of hydrogen-bond acceptors (Lipinski definition) is 4. The molecule has 2 aliphatic carbocycles. The predicted octanol–water partition coefficient (Wildman–Crippen LogP) is 2.60. The normalized spacial score (nSPS) is 30.6. The van der Waals surface area contributed by atoms with E-state index in [2.05, 4.69) is 9.88 Å². The Hall–Kier alpha value is -0.750. The molecule has 5 nitrogen and oxygen atoms in total. The summed E-state index contributed by atoms with van der Waals surface area (Å²) in [5.41, 5.74) is 6.32. The van der Waals surface area contributed by atoms with Crippen LogP contribution in [0.4, 0.5) is 5.82 Å². The van der Waals surface area contributed by atoms with E-state index in [1.165, 1.54) is 12.8 Å². The molecule has 1 amide bonds. The maximum atomic E-state index is 12.9. The van der Waals surface area contributed by atoms with Crippen LogP contribution in [0.3, 0.4) is 0 Å². The third-order valence-electron chi connectivity index (χ3n) is 5.89. The van der Waals surface area contributed by atoms with Crippen molar-refractivity contribution >= 4 is 48.1 Å². The molecule has 3 aliphatic rings. The molecule has 140 valence electrons. The fraction of sp³-hybridized carbons (Fsp3) is 0.647. The summed E-state index contributed by atoms with van der Waals surface area (Å²) in [6.07, 6.45) is 5.23. The largest absolute Gasteiger partial charge is 0.353 e. The van der Waals surface area contributed by atoms with Crippen LogP contribution in [-0.4, -0.2) is 48.0 Å². The Labute approximate surface area is 166 Å². The average Bonchev–Trinajstić information content (AvgIpc) is 3.16. The summed E-state index contributed by atoms with van der Waals surface area (Å²) in [7, 11) is 0. The third-order valence-corrected chi connectivity index (χ3v) is 6.12. The first-order chi connectivity index (χ1) is 11.1. The first-order valence-electron chi connectivity index (χ1n) is 8.54. The van der Waals surface area contributed by atoms with Crippen molar-refractivity contribution in [3.05, 3.63) is 23.4 Å². The van der Waals surface area contributed by atoms with Gasteiger partial charge in [-0.05, 0) is 43.2 Å². The Morgan fingerprint density at radius 3 is 2.36 bits per heavy atom. The van der Waals surface area contributed by atoms with Gasteiger partial charge in [0.25, 0.3) is 0 Å². The first-order valence-corrected chi connectivity index (χ1v) is 8.92. The molecule has 8 heteroatoms. The van der Waals surface area contributed by atoms with Crippen LogP contribution in [0.25, 0.3) is 0 Å². The molecule has 1 aliphatic heterocycles. The second kappa shape index (κ2) is 8.30. The van der Waals surface area contributed by atoms with Crippen LogP contribution in [0.2, 0.25) is 5.02 Å². The second-order valence-electron chi connectivity index (χ2n) is 7.08. The summed E-state index contributed by atoms with van der Waals surface area (Å²) < 4.78 is 0. The fourth-order valence-corrected chi connectivity index (χ4v) is 4.74. The monoisotopic (exact) mass is 406 g/mol. The second-order valence-corrected chi connectivity index (χ2v) is 7.52. The number of nitrogens with zero attached hydrogens (tertiary/aromatic N) is 3. The zero-order valence-electron chi connectivity index (χ0n) is 14.0. The molecule has 2 N–H and O–H groups in total. The summed E-state index contributed by atoms with van der Waals surface area (Å²) in [5.74, 6) is 2.38. The van der Waals surface area contributed by atoms with Crippen LogP contribution in [0.1, 0.15) is 19.3 Å². The zero-order valence-corrected chi connectivity index (χ0v) is 16.4. The van der Waals surface area contributed by atoms with E-state index in [1.807, 2.05) is 17.0 Å². The minimum Gasteiger partial charge on any atom is -0.353 e. The fourth-order valence-electron chi connectivity index (χ4n) is 4.62. The number of rotatable bonds is 2. The number of piperazine rings is 1. The van der Waals surface area contributed by atoms with Crippen molar-refractivity contribution in [1.82, 2.24) is 9.88 Å². The maximum Gasteiger partial charge on any atom is 0.227 e. The van der Waals surface area contributed by atoms with Crippen molar-refractivity contribution in [1.29, 1.82) is 0 Å². The molecular weight excluding hydrogens is 383 g/mol. The molecule has 0 radical (unpaired) electrons.